The van der Waals surface area contributed by atoms with E-state index in [0.717, 1.165) is 12.8 Å². The molecule has 0 spiro atoms. The number of rotatable bonds is 9. The van der Waals surface area contributed by atoms with E-state index in [-0.39, 0.29) is 18.2 Å². The minimum atomic E-state index is -4.78. The molecule has 0 amide bonds. The maximum absolute atomic E-state index is 14.5. The molecule has 2 aromatic carbocycles. The van der Waals surface area contributed by atoms with Gasteiger partial charge in [0.25, 0.3) is 0 Å². The maximum Gasteiger partial charge on any atom is 0.419 e. The van der Waals surface area contributed by atoms with Gasteiger partial charge in [0.05, 0.1) is 24.3 Å². The van der Waals surface area contributed by atoms with Crippen molar-refractivity contribution in [3.63, 3.8) is 0 Å². The summed E-state index contributed by atoms with van der Waals surface area (Å²) in [6.45, 7) is 1.83. The molecule has 6 nitrogen and oxygen atoms in total. The van der Waals surface area contributed by atoms with Gasteiger partial charge in [-0.05, 0) is 37.8 Å². The van der Waals surface area contributed by atoms with Gasteiger partial charge in [-0.15, -0.1) is 0 Å². The Balaban J connectivity index is 1.63. The van der Waals surface area contributed by atoms with Gasteiger partial charge in [0.2, 0.25) is 0 Å². The van der Waals surface area contributed by atoms with E-state index in [1.807, 2.05) is 0 Å². The number of aryl methyl sites for hydroxylation is 1. The lowest BCUT2D eigenvalue weighted by atomic mass is 10.1. The molecule has 0 aliphatic heterocycles. The molecule has 4 rings (SSSR count). The summed E-state index contributed by atoms with van der Waals surface area (Å²) >= 11 is 0. The highest BCUT2D eigenvalue weighted by molar-refractivity contribution is 5.91. The van der Waals surface area contributed by atoms with E-state index in [2.05, 4.69) is 15.3 Å². The smallest absolute Gasteiger partial charge is 0.419 e. The Morgan fingerprint density at radius 1 is 1.12 bits per heavy atom. The van der Waals surface area contributed by atoms with Crippen molar-refractivity contribution in [1.82, 2.24) is 9.97 Å². The van der Waals surface area contributed by atoms with Crippen LogP contribution in [0.1, 0.15) is 29.8 Å². The minimum absolute atomic E-state index is 0.0313. The molecule has 1 aliphatic carbocycles. The van der Waals surface area contributed by atoms with Crippen LogP contribution in [-0.2, 0) is 17.5 Å². The van der Waals surface area contributed by atoms with Gasteiger partial charge < -0.3 is 19.5 Å². The zero-order valence-corrected chi connectivity index (χ0v) is 19.0. The van der Waals surface area contributed by atoms with Crippen LogP contribution in [0.25, 0.3) is 10.9 Å². The molecule has 1 fully saturated rings. The third kappa shape index (κ3) is 5.16. The molecular weight excluding hydrogens is 454 g/mol. The standard InChI is InChI=1S/C24H25F4N3O3/c1-13-30-18-10-19(32-2)20(34-12-21(33-3)14-7-8-14)9-16(18)23(31-13)29-11-15-5-4-6-17(22(15)25)24(26,27)28/h4-6,9-10,14,21H,7-8,11-12H2,1-3H3,(H,29,30,31). The largest absolute Gasteiger partial charge is 0.493 e. The molecular formula is C24H25F4N3O3. The van der Waals surface area contributed by atoms with Gasteiger partial charge in [0.1, 0.15) is 24.1 Å². The van der Waals surface area contributed by atoms with Crippen LogP contribution >= 0.6 is 0 Å². The predicted molar refractivity (Wildman–Crippen MR) is 119 cm³/mol. The lowest BCUT2D eigenvalue weighted by Gasteiger charge is -2.18. The van der Waals surface area contributed by atoms with Crippen molar-refractivity contribution in [3.05, 3.63) is 53.1 Å². The van der Waals surface area contributed by atoms with Crippen molar-refractivity contribution in [3.8, 4) is 11.5 Å². The second-order valence-corrected chi connectivity index (χ2v) is 8.19. The number of anilines is 1. The van der Waals surface area contributed by atoms with Gasteiger partial charge in [0.15, 0.2) is 11.5 Å². The van der Waals surface area contributed by atoms with Crippen molar-refractivity contribution < 1.29 is 31.8 Å². The lowest BCUT2D eigenvalue weighted by molar-refractivity contribution is -0.140. The molecule has 1 aliphatic rings. The van der Waals surface area contributed by atoms with Crippen LogP contribution in [0, 0.1) is 18.7 Å². The first kappa shape index (κ1) is 24.0. The molecule has 0 saturated heterocycles. The second-order valence-electron chi connectivity index (χ2n) is 8.19. The normalized spacial score (nSPS) is 14.8. The van der Waals surface area contributed by atoms with Crippen LogP contribution in [0.15, 0.2) is 30.3 Å². The van der Waals surface area contributed by atoms with Gasteiger partial charge in [-0.2, -0.15) is 13.2 Å². The van der Waals surface area contributed by atoms with E-state index in [9.17, 15) is 17.6 Å². The number of nitrogens with one attached hydrogen (secondary N) is 1. The van der Waals surface area contributed by atoms with Crippen LogP contribution < -0.4 is 14.8 Å². The number of methoxy groups -OCH3 is 2. The number of fused-ring (bicyclic) bond motifs is 1. The van der Waals surface area contributed by atoms with Crippen molar-refractivity contribution in [2.45, 2.75) is 38.6 Å². The highest BCUT2D eigenvalue weighted by Gasteiger charge is 2.35. The van der Waals surface area contributed by atoms with Gasteiger partial charge in [-0.3, -0.25) is 0 Å². The molecule has 1 N–H and O–H groups in total. The van der Waals surface area contributed by atoms with Gasteiger partial charge in [0, 0.05) is 30.7 Å². The topological polar surface area (TPSA) is 65.5 Å². The molecule has 1 atom stereocenters. The Morgan fingerprint density at radius 3 is 2.53 bits per heavy atom. The number of alkyl halides is 3. The molecule has 1 saturated carbocycles. The maximum atomic E-state index is 14.5. The molecule has 0 bridgehead atoms. The molecule has 1 unspecified atom stereocenters. The van der Waals surface area contributed by atoms with E-state index in [4.69, 9.17) is 14.2 Å². The Bertz CT molecular complexity index is 1180. The van der Waals surface area contributed by atoms with Crippen molar-refractivity contribution in [2.75, 3.05) is 26.1 Å². The molecule has 3 aromatic rings. The van der Waals surface area contributed by atoms with E-state index in [1.165, 1.54) is 19.2 Å². The SMILES string of the molecule is COc1cc2nc(C)nc(NCc3cccc(C(F)(F)F)c3F)c2cc1OCC(OC)C1CC1. The zero-order valence-electron chi connectivity index (χ0n) is 19.0. The highest BCUT2D eigenvalue weighted by Crippen LogP contribution is 2.38. The van der Waals surface area contributed by atoms with Crippen LogP contribution in [0.3, 0.4) is 0 Å². The fourth-order valence-corrected chi connectivity index (χ4v) is 3.81. The second kappa shape index (κ2) is 9.61. The summed E-state index contributed by atoms with van der Waals surface area (Å²) in [6, 6.07) is 6.60. The molecule has 10 heteroatoms. The fraction of sp³-hybridized carbons (Fsp3) is 0.417. The number of aromatic nitrogens is 2. The average Bonchev–Trinajstić information content (AvgIpc) is 3.62. The molecule has 182 valence electrons. The number of benzene rings is 2. The number of hydrogen-bond acceptors (Lipinski definition) is 6. The minimum Gasteiger partial charge on any atom is -0.493 e. The van der Waals surface area contributed by atoms with Crippen LogP contribution in [-0.4, -0.2) is 36.9 Å². The predicted octanol–water partition coefficient (Wildman–Crippen LogP) is 5.52. The van der Waals surface area contributed by atoms with E-state index >= 15 is 0 Å². The Hall–Kier alpha value is -3.14. The van der Waals surface area contributed by atoms with Gasteiger partial charge in [-0.25, -0.2) is 14.4 Å². The lowest BCUT2D eigenvalue weighted by Crippen LogP contribution is -2.22. The first-order chi connectivity index (χ1) is 16.2. The summed E-state index contributed by atoms with van der Waals surface area (Å²) in [5.74, 6) is 0.876. The number of ether oxygens (including phenoxy) is 3. The first-order valence-electron chi connectivity index (χ1n) is 10.8. The molecule has 1 heterocycles. The van der Waals surface area contributed by atoms with E-state index in [1.54, 1.807) is 26.2 Å². The summed E-state index contributed by atoms with van der Waals surface area (Å²) in [5, 5.41) is 3.52. The number of nitrogens with zero attached hydrogens (tertiary/aromatic N) is 2. The Kier molecular flexibility index (Phi) is 6.79. The first-order valence-corrected chi connectivity index (χ1v) is 10.8. The third-order valence-corrected chi connectivity index (χ3v) is 5.78. The monoisotopic (exact) mass is 479 g/mol. The number of halogens is 4. The summed E-state index contributed by atoms with van der Waals surface area (Å²) in [5.41, 5.74) is -0.884. The van der Waals surface area contributed by atoms with Crippen molar-refractivity contribution in [2.24, 2.45) is 5.92 Å². The summed E-state index contributed by atoms with van der Waals surface area (Å²) in [7, 11) is 3.17. The Morgan fingerprint density at radius 2 is 1.88 bits per heavy atom. The Labute approximate surface area is 194 Å². The van der Waals surface area contributed by atoms with Crippen LogP contribution in [0.5, 0.6) is 11.5 Å². The molecule has 0 radical (unpaired) electrons. The zero-order chi connectivity index (χ0) is 24.5. The van der Waals surface area contributed by atoms with Gasteiger partial charge in [-0.1, -0.05) is 12.1 Å². The van der Waals surface area contributed by atoms with E-state index in [0.29, 0.717) is 52.6 Å². The highest BCUT2D eigenvalue weighted by atomic mass is 19.4. The van der Waals surface area contributed by atoms with Crippen LogP contribution in [0.2, 0.25) is 0 Å². The average molecular weight is 479 g/mol. The summed E-state index contributed by atoms with van der Waals surface area (Å²) in [4.78, 5) is 8.80. The molecule has 1 aromatic heterocycles. The van der Waals surface area contributed by atoms with E-state index < -0.39 is 17.6 Å². The number of hydrogen-bond donors (Lipinski definition) is 1. The van der Waals surface area contributed by atoms with Crippen LogP contribution in [0.4, 0.5) is 23.4 Å². The third-order valence-electron chi connectivity index (χ3n) is 5.78. The summed E-state index contributed by atoms with van der Waals surface area (Å²) in [6.07, 6.45) is -2.61. The van der Waals surface area contributed by atoms with Crippen molar-refractivity contribution >= 4 is 16.7 Å². The summed E-state index contributed by atoms with van der Waals surface area (Å²) < 4.78 is 70.6. The van der Waals surface area contributed by atoms with Gasteiger partial charge >= 0.3 is 6.18 Å². The van der Waals surface area contributed by atoms with Crippen molar-refractivity contribution in [1.29, 1.82) is 0 Å². The fourth-order valence-electron chi connectivity index (χ4n) is 3.81. The molecule has 34 heavy (non-hydrogen) atoms. The quantitative estimate of drug-likeness (QED) is 0.408.